The molecule has 4 rings (SSSR count). The van der Waals surface area contributed by atoms with Crippen molar-refractivity contribution < 1.29 is 18.0 Å². The van der Waals surface area contributed by atoms with Crippen molar-refractivity contribution in [2.75, 3.05) is 17.1 Å². The Kier molecular flexibility index (Phi) is 11.2. The van der Waals surface area contributed by atoms with Gasteiger partial charge in [-0.25, -0.2) is 8.42 Å². The summed E-state index contributed by atoms with van der Waals surface area (Å²) >= 11 is 3.51. The van der Waals surface area contributed by atoms with Gasteiger partial charge < -0.3 is 10.2 Å². The van der Waals surface area contributed by atoms with Gasteiger partial charge in [0.15, 0.2) is 0 Å². The fourth-order valence-electron chi connectivity index (χ4n) is 5.44. The van der Waals surface area contributed by atoms with Gasteiger partial charge in [0.2, 0.25) is 21.8 Å². The van der Waals surface area contributed by atoms with Crippen molar-refractivity contribution >= 4 is 43.5 Å². The minimum absolute atomic E-state index is 0.0666. The largest absolute Gasteiger partial charge is 0.352 e. The maximum absolute atomic E-state index is 14.2. The zero-order valence-corrected chi connectivity index (χ0v) is 26.7. The molecule has 224 valence electrons. The summed E-state index contributed by atoms with van der Waals surface area (Å²) in [6.45, 7) is 1.76. The number of halogens is 1. The molecular weight excluding hydrogens is 614 g/mol. The van der Waals surface area contributed by atoms with E-state index in [-0.39, 0.29) is 18.5 Å². The maximum Gasteiger partial charge on any atom is 0.244 e. The lowest BCUT2D eigenvalue weighted by atomic mass is 9.94. The van der Waals surface area contributed by atoms with E-state index in [2.05, 4.69) is 21.2 Å². The number of aryl methyl sites for hydroxylation is 1. The molecule has 0 aliphatic heterocycles. The first kappa shape index (κ1) is 31.8. The van der Waals surface area contributed by atoms with Crippen LogP contribution in [0.15, 0.2) is 83.3 Å². The molecule has 0 bridgehead atoms. The number of rotatable bonds is 12. The van der Waals surface area contributed by atoms with Gasteiger partial charge in [-0.1, -0.05) is 96.7 Å². The summed E-state index contributed by atoms with van der Waals surface area (Å²) in [4.78, 5) is 29.8. The van der Waals surface area contributed by atoms with Gasteiger partial charge in [0, 0.05) is 23.5 Å². The lowest BCUT2D eigenvalue weighted by molar-refractivity contribution is -0.140. The third-order valence-electron chi connectivity index (χ3n) is 7.78. The van der Waals surface area contributed by atoms with Crippen LogP contribution in [0.3, 0.4) is 0 Å². The minimum atomic E-state index is -3.80. The Bertz CT molecular complexity index is 1440. The van der Waals surface area contributed by atoms with Crippen molar-refractivity contribution in [2.45, 2.75) is 70.5 Å². The van der Waals surface area contributed by atoms with Crippen LogP contribution in [-0.4, -0.2) is 50.0 Å². The molecule has 0 spiro atoms. The van der Waals surface area contributed by atoms with Crippen LogP contribution in [0.5, 0.6) is 0 Å². The van der Waals surface area contributed by atoms with Crippen LogP contribution in [0.1, 0.15) is 55.7 Å². The average Bonchev–Trinajstić information content (AvgIpc) is 2.98. The van der Waals surface area contributed by atoms with Gasteiger partial charge in [-0.15, -0.1) is 0 Å². The zero-order chi connectivity index (χ0) is 30.1. The number of hydrogen-bond donors (Lipinski definition) is 1. The lowest BCUT2D eigenvalue weighted by Gasteiger charge is -2.35. The van der Waals surface area contributed by atoms with Crippen molar-refractivity contribution in [1.82, 2.24) is 10.2 Å². The van der Waals surface area contributed by atoms with Crippen molar-refractivity contribution in [1.29, 1.82) is 0 Å². The van der Waals surface area contributed by atoms with E-state index in [4.69, 9.17) is 0 Å². The number of sulfonamides is 1. The topological polar surface area (TPSA) is 86.8 Å². The second-order valence-electron chi connectivity index (χ2n) is 11.0. The summed E-state index contributed by atoms with van der Waals surface area (Å²) < 4.78 is 27.9. The first-order valence-electron chi connectivity index (χ1n) is 14.6. The summed E-state index contributed by atoms with van der Waals surface area (Å²) in [7, 11) is -3.80. The van der Waals surface area contributed by atoms with Crippen LogP contribution in [-0.2, 0) is 39.0 Å². The molecule has 42 heavy (non-hydrogen) atoms. The summed E-state index contributed by atoms with van der Waals surface area (Å²) in [5.74, 6) is -0.660. The van der Waals surface area contributed by atoms with Crippen molar-refractivity contribution in [2.24, 2.45) is 0 Å². The van der Waals surface area contributed by atoms with Crippen LogP contribution < -0.4 is 9.62 Å². The molecule has 1 aliphatic rings. The number of amides is 2. The molecule has 1 N–H and O–H groups in total. The highest BCUT2D eigenvalue weighted by molar-refractivity contribution is 9.10. The van der Waals surface area contributed by atoms with Gasteiger partial charge in [0.05, 0.1) is 11.9 Å². The molecule has 0 radical (unpaired) electrons. The van der Waals surface area contributed by atoms with Gasteiger partial charge in [-0.05, 0) is 60.2 Å². The van der Waals surface area contributed by atoms with Gasteiger partial charge in [0.25, 0.3) is 0 Å². The minimum Gasteiger partial charge on any atom is -0.352 e. The molecule has 1 atom stereocenters. The second-order valence-corrected chi connectivity index (χ2v) is 13.8. The predicted octanol–water partition coefficient (Wildman–Crippen LogP) is 5.87. The molecule has 0 saturated heterocycles. The van der Waals surface area contributed by atoms with E-state index < -0.39 is 28.5 Å². The molecule has 2 amide bonds. The van der Waals surface area contributed by atoms with Crippen molar-refractivity contribution in [3.8, 4) is 0 Å². The number of anilines is 1. The highest BCUT2D eigenvalue weighted by atomic mass is 79.9. The molecule has 7 nitrogen and oxygen atoms in total. The normalized spacial score (nSPS) is 14.6. The van der Waals surface area contributed by atoms with E-state index in [0.29, 0.717) is 12.1 Å². The van der Waals surface area contributed by atoms with Gasteiger partial charge >= 0.3 is 0 Å². The van der Waals surface area contributed by atoms with Gasteiger partial charge in [-0.3, -0.25) is 13.9 Å². The average molecular weight is 655 g/mol. The van der Waals surface area contributed by atoms with E-state index in [1.165, 1.54) is 0 Å². The first-order valence-corrected chi connectivity index (χ1v) is 17.2. The van der Waals surface area contributed by atoms with Gasteiger partial charge in [0.1, 0.15) is 12.6 Å². The molecule has 0 aromatic heterocycles. The molecule has 0 heterocycles. The maximum atomic E-state index is 14.2. The highest BCUT2D eigenvalue weighted by Crippen LogP contribution is 2.23. The SMILES string of the molecule is CCc1ccc(N(CC(=O)N(Cc2cccc(Br)c2)[C@H](Cc2ccccc2)C(=O)NC2CCCCC2)S(C)(=O)=O)cc1. The standard InChI is InChI=1S/C33H40BrN3O4S/c1-3-25-17-19-30(20-18-25)37(42(2,40)41)24-32(38)36(23-27-13-10-14-28(34)21-27)31(22-26-11-6-4-7-12-26)33(39)35-29-15-8-5-9-16-29/h4,6-7,10-14,17-21,29,31H,3,5,8-9,15-16,22-24H2,1-2H3,(H,35,39)/t31-/m1/s1. The van der Waals surface area contributed by atoms with E-state index in [9.17, 15) is 18.0 Å². The fourth-order valence-corrected chi connectivity index (χ4v) is 6.74. The number of nitrogens with one attached hydrogen (secondary N) is 1. The summed E-state index contributed by atoms with van der Waals surface area (Å²) in [5, 5.41) is 3.23. The molecule has 3 aromatic rings. The Labute approximate surface area is 258 Å². The van der Waals surface area contributed by atoms with Crippen LogP contribution in [0.25, 0.3) is 0 Å². The first-order chi connectivity index (χ1) is 20.1. The summed E-state index contributed by atoms with van der Waals surface area (Å²) in [5.41, 5.74) is 3.23. The van der Waals surface area contributed by atoms with E-state index in [1.54, 1.807) is 17.0 Å². The van der Waals surface area contributed by atoms with E-state index >= 15 is 0 Å². The van der Waals surface area contributed by atoms with Crippen molar-refractivity contribution in [3.05, 3.63) is 100 Å². The zero-order valence-electron chi connectivity index (χ0n) is 24.3. The molecule has 9 heteroatoms. The lowest BCUT2D eigenvalue weighted by Crippen LogP contribution is -2.55. The molecule has 3 aromatic carbocycles. The Morgan fingerprint density at radius 3 is 2.19 bits per heavy atom. The number of benzene rings is 3. The smallest absolute Gasteiger partial charge is 0.244 e. The Hall–Kier alpha value is -3.17. The second kappa shape index (κ2) is 14.8. The molecule has 0 unspecified atom stereocenters. The molecule has 1 fully saturated rings. The van der Waals surface area contributed by atoms with Crippen molar-refractivity contribution in [3.63, 3.8) is 0 Å². The van der Waals surface area contributed by atoms with Crippen LogP contribution >= 0.6 is 15.9 Å². The van der Waals surface area contributed by atoms with Gasteiger partial charge in [-0.2, -0.15) is 0 Å². The fraction of sp³-hybridized carbons (Fsp3) is 0.394. The Morgan fingerprint density at radius 1 is 0.905 bits per heavy atom. The quantitative estimate of drug-likeness (QED) is 0.265. The van der Waals surface area contributed by atoms with Crippen LogP contribution in [0, 0.1) is 0 Å². The van der Waals surface area contributed by atoms with E-state index in [0.717, 1.165) is 70.2 Å². The third-order valence-corrected chi connectivity index (χ3v) is 9.41. The third kappa shape index (κ3) is 8.91. The number of hydrogen-bond acceptors (Lipinski definition) is 4. The number of carbonyl (C=O) groups is 2. The van der Waals surface area contributed by atoms with E-state index in [1.807, 2.05) is 73.7 Å². The van der Waals surface area contributed by atoms with Crippen LogP contribution in [0.4, 0.5) is 5.69 Å². The molecular formula is C33H40BrN3O4S. The summed E-state index contributed by atoms with van der Waals surface area (Å²) in [6.07, 6.45) is 7.35. The monoisotopic (exact) mass is 653 g/mol. The highest BCUT2D eigenvalue weighted by Gasteiger charge is 2.34. The molecule has 1 aliphatic carbocycles. The Morgan fingerprint density at radius 2 is 1.57 bits per heavy atom. The predicted molar refractivity (Wildman–Crippen MR) is 172 cm³/mol. The number of carbonyl (C=O) groups excluding carboxylic acids is 2. The Balaban J connectivity index is 1.71. The van der Waals surface area contributed by atoms with Crippen LogP contribution in [0.2, 0.25) is 0 Å². The summed E-state index contributed by atoms with van der Waals surface area (Å²) in [6, 6.07) is 23.7. The number of nitrogens with zero attached hydrogens (tertiary/aromatic N) is 2. The molecule has 1 saturated carbocycles.